The molecule has 5 nitrogen and oxygen atoms in total. The van der Waals surface area contributed by atoms with Crippen LogP contribution >= 0.6 is 0 Å². The van der Waals surface area contributed by atoms with E-state index in [-0.39, 0.29) is 18.3 Å². The zero-order chi connectivity index (χ0) is 26.3. The van der Waals surface area contributed by atoms with Gasteiger partial charge in [0.15, 0.2) is 0 Å². The lowest BCUT2D eigenvalue weighted by molar-refractivity contribution is -0.158. The summed E-state index contributed by atoms with van der Waals surface area (Å²) < 4.78 is 24.3. The fraction of sp³-hybridized carbons (Fsp3) is 0.281. The molecule has 0 heterocycles. The minimum Gasteiger partial charge on any atom is -0.469 e. The summed E-state index contributed by atoms with van der Waals surface area (Å²) in [5.74, 6) is -0.722. The Balaban J connectivity index is 1.90. The molecule has 0 aliphatic rings. The largest absolute Gasteiger partial charge is 0.469 e. The number of hydrogen-bond acceptors (Lipinski definition) is 5. The first kappa shape index (κ1) is 28.1. The van der Waals surface area contributed by atoms with Crippen molar-refractivity contribution in [3.63, 3.8) is 0 Å². The Morgan fingerprint density at radius 2 is 1.11 bits per heavy atom. The van der Waals surface area contributed by atoms with Crippen LogP contribution in [0.1, 0.15) is 23.1 Å². The molecule has 0 aliphatic carbocycles. The molecule has 0 fully saturated rings. The summed E-state index contributed by atoms with van der Waals surface area (Å²) in [7, 11) is 1.38. The average Bonchev–Trinajstić information content (AvgIpc) is 2.96. The fourth-order valence-electron chi connectivity index (χ4n) is 4.05. The molecule has 0 N–H and O–H groups in total. The molecule has 0 saturated heterocycles. The molecule has 0 aromatic heterocycles. The molecule has 0 amide bonds. The van der Waals surface area contributed by atoms with Crippen molar-refractivity contribution in [2.45, 2.75) is 44.6 Å². The second kappa shape index (κ2) is 15.6. The number of carbonyl (C=O) groups is 1. The van der Waals surface area contributed by atoms with E-state index in [1.807, 2.05) is 91.0 Å². The van der Waals surface area contributed by atoms with Crippen LogP contribution in [0.15, 0.2) is 116 Å². The molecule has 0 saturated carbocycles. The monoisotopic (exact) mass is 500 g/mol. The molecule has 5 heteroatoms. The minimum absolute atomic E-state index is 0.104. The van der Waals surface area contributed by atoms with Crippen LogP contribution in [-0.4, -0.2) is 31.4 Å². The number of methoxy groups -OCH3 is 1. The van der Waals surface area contributed by atoms with Crippen LogP contribution < -0.4 is 0 Å². The van der Waals surface area contributed by atoms with Crippen molar-refractivity contribution in [1.29, 1.82) is 0 Å². The van der Waals surface area contributed by atoms with Crippen LogP contribution in [0.25, 0.3) is 0 Å². The summed E-state index contributed by atoms with van der Waals surface area (Å²) in [5.41, 5.74) is 3.06. The average molecular weight is 501 g/mol. The highest BCUT2D eigenvalue weighted by Crippen LogP contribution is 2.27. The zero-order valence-electron chi connectivity index (χ0n) is 21.4. The first-order valence-electron chi connectivity index (χ1n) is 12.4. The number of benzene rings is 3. The second-order valence-electron chi connectivity index (χ2n) is 8.70. The van der Waals surface area contributed by atoms with Crippen molar-refractivity contribution in [1.82, 2.24) is 0 Å². The van der Waals surface area contributed by atoms with E-state index in [4.69, 9.17) is 18.9 Å². The van der Waals surface area contributed by atoms with Gasteiger partial charge in [0.2, 0.25) is 0 Å². The zero-order valence-corrected chi connectivity index (χ0v) is 21.4. The predicted molar refractivity (Wildman–Crippen MR) is 146 cm³/mol. The van der Waals surface area contributed by atoms with Gasteiger partial charge in [0.05, 0.1) is 39.5 Å². The number of rotatable bonds is 16. The first-order chi connectivity index (χ1) is 18.1. The van der Waals surface area contributed by atoms with E-state index in [0.29, 0.717) is 19.8 Å². The van der Waals surface area contributed by atoms with Crippen LogP contribution in [0.4, 0.5) is 0 Å². The molecule has 0 bridgehead atoms. The van der Waals surface area contributed by atoms with Crippen LogP contribution in [0, 0.1) is 5.92 Å². The van der Waals surface area contributed by atoms with Gasteiger partial charge in [0.25, 0.3) is 0 Å². The molecule has 0 radical (unpaired) electrons. The van der Waals surface area contributed by atoms with Crippen LogP contribution in [-0.2, 0) is 43.6 Å². The van der Waals surface area contributed by atoms with Crippen molar-refractivity contribution in [2.24, 2.45) is 5.92 Å². The van der Waals surface area contributed by atoms with E-state index < -0.39 is 18.3 Å². The SMILES string of the molecule is C=C[C@H](OCc1ccccc1)[C@@H](OCc1ccccc1)[C@H](OCc1ccccc1)[C@@H](C=C)CC(=O)OC. The third-order valence-electron chi connectivity index (χ3n) is 6.09. The van der Waals surface area contributed by atoms with E-state index in [9.17, 15) is 4.79 Å². The molecule has 0 spiro atoms. The van der Waals surface area contributed by atoms with E-state index in [2.05, 4.69) is 13.2 Å². The van der Waals surface area contributed by atoms with Gasteiger partial charge in [0, 0.05) is 5.92 Å². The van der Waals surface area contributed by atoms with Gasteiger partial charge in [-0.3, -0.25) is 4.79 Å². The van der Waals surface area contributed by atoms with E-state index in [1.165, 1.54) is 7.11 Å². The Kier molecular flexibility index (Phi) is 11.8. The Labute approximate surface area is 220 Å². The molecule has 0 aliphatic heterocycles. The van der Waals surface area contributed by atoms with Gasteiger partial charge < -0.3 is 18.9 Å². The van der Waals surface area contributed by atoms with Gasteiger partial charge in [-0.15, -0.1) is 13.2 Å². The standard InChI is InChI=1S/C32H36O5/c1-4-28(21-30(33)34-3)31(36-23-26-17-11-7-12-18-26)32(37-24-27-19-13-8-14-20-27)29(5-2)35-22-25-15-9-6-10-16-25/h4-20,28-29,31-32H,1-2,21-24H2,3H3/t28-,29-,31+,32+/m0/s1. The quantitative estimate of drug-likeness (QED) is 0.171. The van der Waals surface area contributed by atoms with Gasteiger partial charge in [-0.25, -0.2) is 0 Å². The van der Waals surface area contributed by atoms with E-state index in [0.717, 1.165) is 16.7 Å². The first-order valence-corrected chi connectivity index (χ1v) is 12.4. The number of esters is 1. The van der Waals surface area contributed by atoms with Crippen LogP contribution in [0.2, 0.25) is 0 Å². The Hall–Kier alpha value is -3.51. The molecule has 37 heavy (non-hydrogen) atoms. The van der Waals surface area contributed by atoms with E-state index in [1.54, 1.807) is 12.2 Å². The minimum atomic E-state index is -0.571. The van der Waals surface area contributed by atoms with Crippen molar-refractivity contribution >= 4 is 5.97 Å². The van der Waals surface area contributed by atoms with Gasteiger partial charge >= 0.3 is 5.97 Å². The van der Waals surface area contributed by atoms with Crippen LogP contribution in [0.5, 0.6) is 0 Å². The summed E-state index contributed by atoms with van der Waals surface area (Å²) in [6, 6.07) is 29.7. The third kappa shape index (κ3) is 9.14. The topological polar surface area (TPSA) is 54.0 Å². The van der Waals surface area contributed by atoms with Gasteiger partial charge in [-0.1, -0.05) is 103 Å². The molecule has 4 atom stereocenters. The highest BCUT2D eigenvalue weighted by atomic mass is 16.6. The normalized spacial score (nSPS) is 14.2. The Bertz CT molecular complexity index is 1070. The highest BCUT2D eigenvalue weighted by molar-refractivity contribution is 5.69. The van der Waals surface area contributed by atoms with Gasteiger partial charge in [0.1, 0.15) is 12.2 Å². The summed E-state index contributed by atoms with van der Waals surface area (Å²) in [6.45, 7) is 9.09. The number of carbonyl (C=O) groups excluding carboxylic acids is 1. The number of hydrogen-bond donors (Lipinski definition) is 0. The second-order valence-corrected chi connectivity index (χ2v) is 8.70. The maximum absolute atomic E-state index is 12.3. The molecule has 194 valence electrons. The molecular formula is C32H36O5. The Morgan fingerprint density at radius 1 is 0.676 bits per heavy atom. The molecule has 3 aromatic rings. The summed E-state index contributed by atoms with van der Waals surface area (Å²) in [6.07, 6.45) is 1.92. The lowest BCUT2D eigenvalue weighted by atomic mass is 9.91. The van der Waals surface area contributed by atoms with E-state index >= 15 is 0 Å². The number of ether oxygens (including phenoxy) is 4. The van der Waals surface area contributed by atoms with Gasteiger partial charge in [-0.2, -0.15) is 0 Å². The summed E-state index contributed by atoms with van der Waals surface area (Å²) >= 11 is 0. The fourth-order valence-corrected chi connectivity index (χ4v) is 4.05. The molecular weight excluding hydrogens is 464 g/mol. The van der Waals surface area contributed by atoms with Crippen molar-refractivity contribution < 1.29 is 23.7 Å². The smallest absolute Gasteiger partial charge is 0.306 e. The maximum Gasteiger partial charge on any atom is 0.306 e. The highest BCUT2D eigenvalue weighted by Gasteiger charge is 2.36. The van der Waals surface area contributed by atoms with Crippen molar-refractivity contribution in [3.8, 4) is 0 Å². The third-order valence-corrected chi connectivity index (χ3v) is 6.09. The summed E-state index contributed by atoms with van der Waals surface area (Å²) in [5, 5.41) is 0. The lowest BCUT2D eigenvalue weighted by Gasteiger charge is -2.35. The van der Waals surface area contributed by atoms with Crippen molar-refractivity contribution in [2.75, 3.05) is 7.11 Å². The molecule has 0 unspecified atom stereocenters. The Morgan fingerprint density at radius 3 is 1.51 bits per heavy atom. The molecule has 3 aromatic carbocycles. The predicted octanol–water partition coefficient (Wildman–Crippen LogP) is 6.29. The van der Waals surface area contributed by atoms with Gasteiger partial charge in [-0.05, 0) is 16.7 Å². The van der Waals surface area contributed by atoms with Crippen LogP contribution in [0.3, 0.4) is 0 Å². The lowest BCUT2D eigenvalue weighted by Crippen LogP contribution is -2.46. The molecule has 3 rings (SSSR count). The maximum atomic E-state index is 12.3. The summed E-state index contributed by atoms with van der Waals surface area (Å²) in [4.78, 5) is 12.3. The van der Waals surface area contributed by atoms with Crippen molar-refractivity contribution in [3.05, 3.63) is 133 Å².